The molecule has 1 aliphatic rings. The SMILES string of the molecule is CCc1cc(C2CCN(P)CC2)ccc1C(C)=O. The smallest absolute Gasteiger partial charge is 0.160 e. The van der Waals surface area contributed by atoms with E-state index < -0.39 is 0 Å². The van der Waals surface area contributed by atoms with Crippen LogP contribution in [0.25, 0.3) is 0 Å². The molecule has 1 fully saturated rings. The molecule has 1 aromatic rings. The number of piperidine rings is 1. The number of Topliss-reactive ketones (excluding diaryl/α,β-unsaturated/α-hetero) is 1. The Morgan fingerprint density at radius 3 is 2.61 bits per heavy atom. The molecule has 98 valence electrons. The van der Waals surface area contributed by atoms with Crippen molar-refractivity contribution < 1.29 is 4.79 Å². The average Bonchev–Trinajstić information content (AvgIpc) is 2.38. The summed E-state index contributed by atoms with van der Waals surface area (Å²) in [6.07, 6.45) is 3.36. The van der Waals surface area contributed by atoms with Crippen LogP contribution in [0.3, 0.4) is 0 Å². The molecule has 0 spiro atoms. The van der Waals surface area contributed by atoms with Gasteiger partial charge in [-0.15, -0.1) is 0 Å². The number of rotatable bonds is 3. The van der Waals surface area contributed by atoms with Crippen LogP contribution in [0.15, 0.2) is 18.2 Å². The molecule has 1 aliphatic heterocycles. The molecule has 0 radical (unpaired) electrons. The summed E-state index contributed by atoms with van der Waals surface area (Å²) in [6, 6.07) is 6.42. The van der Waals surface area contributed by atoms with Crippen molar-refractivity contribution in [3.63, 3.8) is 0 Å². The number of benzene rings is 1. The van der Waals surface area contributed by atoms with Gasteiger partial charge in [0.2, 0.25) is 0 Å². The zero-order valence-electron chi connectivity index (χ0n) is 11.3. The second-order valence-electron chi connectivity index (χ2n) is 5.14. The second kappa shape index (κ2) is 5.95. The Morgan fingerprint density at radius 2 is 2.06 bits per heavy atom. The lowest BCUT2D eigenvalue weighted by Gasteiger charge is -2.29. The minimum absolute atomic E-state index is 0.179. The summed E-state index contributed by atoms with van der Waals surface area (Å²) in [7, 11) is 2.79. The molecule has 0 saturated carbocycles. The molecule has 1 aromatic carbocycles. The lowest BCUT2D eigenvalue weighted by atomic mass is 9.87. The molecule has 0 amide bonds. The van der Waals surface area contributed by atoms with Crippen molar-refractivity contribution in [3.8, 4) is 0 Å². The van der Waals surface area contributed by atoms with Crippen molar-refractivity contribution in [2.24, 2.45) is 0 Å². The number of hydrogen-bond acceptors (Lipinski definition) is 2. The van der Waals surface area contributed by atoms with Gasteiger partial charge >= 0.3 is 0 Å². The molecule has 0 N–H and O–H groups in total. The van der Waals surface area contributed by atoms with E-state index in [1.807, 2.05) is 6.07 Å². The van der Waals surface area contributed by atoms with Gasteiger partial charge in [-0.1, -0.05) is 34.5 Å². The van der Waals surface area contributed by atoms with Crippen LogP contribution >= 0.6 is 9.39 Å². The maximum absolute atomic E-state index is 11.5. The molecular formula is C15H22NOP. The molecule has 2 nitrogen and oxygen atoms in total. The highest BCUT2D eigenvalue weighted by molar-refractivity contribution is 7.13. The number of carbonyl (C=O) groups is 1. The van der Waals surface area contributed by atoms with Crippen LogP contribution in [-0.2, 0) is 6.42 Å². The molecule has 0 aliphatic carbocycles. The first-order chi connectivity index (χ1) is 8.61. The predicted molar refractivity (Wildman–Crippen MR) is 79.1 cm³/mol. The quantitative estimate of drug-likeness (QED) is 0.615. The van der Waals surface area contributed by atoms with Crippen LogP contribution in [-0.4, -0.2) is 23.5 Å². The van der Waals surface area contributed by atoms with E-state index in [1.54, 1.807) is 6.92 Å². The summed E-state index contributed by atoms with van der Waals surface area (Å²) in [5.74, 6) is 0.839. The van der Waals surface area contributed by atoms with E-state index in [-0.39, 0.29) is 5.78 Å². The molecular weight excluding hydrogens is 241 g/mol. The normalized spacial score (nSPS) is 17.9. The fourth-order valence-electron chi connectivity index (χ4n) is 2.74. The van der Waals surface area contributed by atoms with E-state index in [2.05, 4.69) is 33.1 Å². The first-order valence-corrected chi connectivity index (χ1v) is 7.27. The molecule has 3 heteroatoms. The van der Waals surface area contributed by atoms with E-state index >= 15 is 0 Å². The van der Waals surface area contributed by atoms with E-state index in [4.69, 9.17) is 0 Å². The van der Waals surface area contributed by atoms with E-state index in [0.29, 0.717) is 5.92 Å². The van der Waals surface area contributed by atoms with Gasteiger partial charge in [0.25, 0.3) is 0 Å². The Bertz CT molecular complexity index is 436. The molecule has 1 heterocycles. The Morgan fingerprint density at radius 1 is 1.39 bits per heavy atom. The minimum Gasteiger partial charge on any atom is -0.295 e. The largest absolute Gasteiger partial charge is 0.295 e. The fourth-order valence-corrected chi connectivity index (χ4v) is 3.03. The van der Waals surface area contributed by atoms with Crippen LogP contribution in [0, 0.1) is 0 Å². The van der Waals surface area contributed by atoms with E-state index in [1.165, 1.54) is 24.0 Å². The maximum atomic E-state index is 11.5. The predicted octanol–water partition coefficient (Wildman–Crippen LogP) is 3.42. The molecule has 0 aromatic heterocycles. The van der Waals surface area contributed by atoms with Crippen LogP contribution in [0.2, 0.25) is 0 Å². The molecule has 0 bridgehead atoms. The summed E-state index contributed by atoms with van der Waals surface area (Å²) in [5.41, 5.74) is 3.51. The molecule has 1 atom stereocenters. The van der Waals surface area contributed by atoms with Crippen LogP contribution in [0.5, 0.6) is 0 Å². The van der Waals surface area contributed by atoms with Gasteiger partial charge in [0.1, 0.15) is 0 Å². The third-order valence-electron chi connectivity index (χ3n) is 3.89. The van der Waals surface area contributed by atoms with Crippen molar-refractivity contribution in [1.82, 2.24) is 4.67 Å². The zero-order valence-corrected chi connectivity index (χ0v) is 12.4. The lowest BCUT2D eigenvalue weighted by Crippen LogP contribution is -2.24. The van der Waals surface area contributed by atoms with Crippen molar-refractivity contribution in [2.45, 2.75) is 39.0 Å². The monoisotopic (exact) mass is 263 g/mol. The first-order valence-electron chi connectivity index (χ1n) is 6.75. The van der Waals surface area contributed by atoms with Crippen molar-refractivity contribution >= 4 is 15.2 Å². The van der Waals surface area contributed by atoms with Gasteiger partial charge < -0.3 is 0 Å². The van der Waals surface area contributed by atoms with Crippen molar-refractivity contribution in [3.05, 3.63) is 34.9 Å². The highest BCUT2D eigenvalue weighted by Crippen LogP contribution is 2.30. The fraction of sp³-hybridized carbons (Fsp3) is 0.533. The molecule has 1 saturated heterocycles. The lowest BCUT2D eigenvalue weighted by molar-refractivity contribution is 0.101. The summed E-state index contributed by atoms with van der Waals surface area (Å²) in [5, 5.41) is 0. The van der Waals surface area contributed by atoms with Crippen molar-refractivity contribution in [2.75, 3.05) is 13.1 Å². The van der Waals surface area contributed by atoms with Crippen LogP contribution in [0.4, 0.5) is 0 Å². The van der Waals surface area contributed by atoms with Crippen LogP contribution in [0.1, 0.15) is 54.1 Å². The minimum atomic E-state index is 0.179. The number of nitrogens with zero attached hydrogens (tertiary/aromatic N) is 1. The van der Waals surface area contributed by atoms with E-state index in [9.17, 15) is 4.79 Å². The number of aryl methyl sites for hydroxylation is 1. The number of hydrogen-bond donors (Lipinski definition) is 0. The van der Waals surface area contributed by atoms with E-state index in [0.717, 1.165) is 25.1 Å². The Labute approximate surface area is 112 Å². The number of carbonyl (C=O) groups excluding carboxylic acids is 1. The van der Waals surface area contributed by atoms with Gasteiger partial charge in [0.15, 0.2) is 5.78 Å². The van der Waals surface area contributed by atoms with Crippen LogP contribution < -0.4 is 0 Å². The highest BCUT2D eigenvalue weighted by Gasteiger charge is 2.19. The summed E-state index contributed by atoms with van der Waals surface area (Å²) < 4.78 is 2.31. The zero-order chi connectivity index (χ0) is 13.1. The molecule has 2 rings (SSSR count). The van der Waals surface area contributed by atoms with Gasteiger partial charge in [-0.25, -0.2) is 0 Å². The van der Waals surface area contributed by atoms with Crippen molar-refractivity contribution in [1.29, 1.82) is 0 Å². The highest BCUT2D eigenvalue weighted by atomic mass is 31.0. The Balaban J connectivity index is 2.22. The molecule has 18 heavy (non-hydrogen) atoms. The summed E-state index contributed by atoms with van der Waals surface area (Å²) >= 11 is 0. The summed E-state index contributed by atoms with van der Waals surface area (Å²) in [6.45, 7) is 6.06. The maximum Gasteiger partial charge on any atom is 0.160 e. The Kier molecular flexibility index (Phi) is 4.53. The van der Waals surface area contributed by atoms with Gasteiger partial charge in [0.05, 0.1) is 0 Å². The van der Waals surface area contributed by atoms with Gasteiger partial charge in [-0.2, -0.15) is 0 Å². The van der Waals surface area contributed by atoms with Gasteiger partial charge in [0, 0.05) is 18.7 Å². The average molecular weight is 263 g/mol. The van der Waals surface area contributed by atoms with Gasteiger partial charge in [-0.05, 0) is 43.2 Å². The first kappa shape index (κ1) is 13.7. The number of ketones is 1. The molecule has 1 unspecified atom stereocenters. The topological polar surface area (TPSA) is 20.3 Å². The third kappa shape index (κ3) is 2.99. The van der Waals surface area contributed by atoms with Gasteiger partial charge in [-0.3, -0.25) is 9.46 Å². The second-order valence-corrected chi connectivity index (χ2v) is 5.87. The Hall–Kier alpha value is -0.720. The standard InChI is InChI=1S/C15H22NOP/c1-3-12-10-14(4-5-15(12)11(2)17)13-6-8-16(18)9-7-13/h4-5,10,13H,3,6-9,18H2,1-2H3. The summed E-state index contributed by atoms with van der Waals surface area (Å²) in [4.78, 5) is 11.5. The third-order valence-corrected chi connectivity index (χ3v) is 4.41.